The largest absolute Gasteiger partial charge is 0.389 e. The van der Waals surface area contributed by atoms with Crippen LogP contribution in [0.3, 0.4) is 0 Å². The number of rotatable bonds is 5. The van der Waals surface area contributed by atoms with E-state index in [1.165, 1.54) is 17.4 Å². The second-order valence-electron chi connectivity index (χ2n) is 13.1. The van der Waals surface area contributed by atoms with Crippen LogP contribution in [0.1, 0.15) is 62.4 Å². The molecule has 0 bridgehead atoms. The van der Waals surface area contributed by atoms with E-state index in [4.69, 9.17) is 20.2 Å². The first kappa shape index (κ1) is 30.1. The molecule has 2 saturated heterocycles. The summed E-state index contributed by atoms with van der Waals surface area (Å²) in [4.78, 5) is 32.3. The minimum absolute atomic E-state index is 0.0388. The number of pyridine rings is 1. The highest BCUT2D eigenvalue weighted by Crippen LogP contribution is 2.48. The van der Waals surface area contributed by atoms with Gasteiger partial charge in [0, 0.05) is 80.1 Å². The minimum Gasteiger partial charge on any atom is -0.389 e. The number of fused-ring (bicyclic) bond motifs is 1. The van der Waals surface area contributed by atoms with Crippen molar-refractivity contribution in [2.24, 2.45) is 0 Å². The summed E-state index contributed by atoms with van der Waals surface area (Å²) in [7, 11) is 0. The summed E-state index contributed by atoms with van der Waals surface area (Å²) in [5.74, 6) is 1.74. The Hall–Kier alpha value is -3.95. The number of nitrogens with two attached hydrogens (primary N) is 1. The highest BCUT2D eigenvalue weighted by Gasteiger charge is 2.43. The quantitative estimate of drug-likeness (QED) is 0.420. The second kappa shape index (κ2) is 11.5. The van der Waals surface area contributed by atoms with Crippen molar-refractivity contribution < 1.29 is 9.32 Å². The van der Waals surface area contributed by atoms with Gasteiger partial charge in [0.15, 0.2) is 0 Å². The molecule has 6 rings (SSSR count). The standard InChI is InChI=1S/C32H41N9O2S/c1-6-26(42)40-12-10-38(11-13-40)21-18-23(35-25(19-21)39-14-16-41(17-15-39)31(2,3)4)29-36-30(43-37-29)32(5)9-7-8-24-27(32)22(20-33)28(34)44-24/h6,18-19H,1,7-17,34H2,2-5H3. The summed E-state index contributed by atoms with van der Waals surface area (Å²) < 4.78 is 5.97. The number of thiophene rings is 1. The van der Waals surface area contributed by atoms with Crippen LogP contribution < -0.4 is 15.5 Å². The van der Waals surface area contributed by atoms with Crippen molar-refractivity contribution in [1.29, 1.82) is 5.26 Å². The minimum atomic E-state index is -0.601. The first-order valence-corrected chi connectivity index (χ1v) is 16.2. The third-order valence-electron chi connectivity index (χ3n) is 9.36. The number of hydrogen-bond donors (Lipinski definition) is 1. The Kier molecular flexibility index (Phi) is 7.88. The maximum atomic E-state index is 12.2. The first-order valence-electron chi connectivity index (χ1n) is 15.4. The summed E-state index contributed by atoms with van der Waals surface area (Å²) in [6.07, 6.45) is 4.01. The molecule has 0 aromatic carbocycles. The van der Waals surface area contributed by atoms with Gasteiger partial charge in [-0.3, -0.25) is 9.69 Å². The number of hydrogen-bond acceptors (Lipinski definition) is 11. The molecule has 1 unspecified atom stereocenters. The van der Waals surface area contributed by atoms with Gasteiger partial charge in [0.25, 0.3) is 0 Å². The smallest absolute Gasteiger partial charge is 0.246 e. The molecule has 5 heterocycles. The zero-order valence-corrected chi connectivity index (χ0v) is 26.9. The van der Waals surface area contributed by atoms with E-state index in [-0.39, 0.29) is 11.4 Å². The van der Waals surface area contributed by atoms with E-state index in [2.05, 4.69) is 66.3 Å². The van der Waals surface area contributed by atoms with Crippen molar-refractivity contribution in [3.05, 3.63) is 46.7 Å². The SMILES string of the molecule is C=CC(=O)N1CCN(c2cc(-c3noc(C4(C)CCCc5sc(N)c(C#N)c54)n3)nc(N3CCN(C(C)(C)C)CC3)c2)CC1. The van der Waals surface area contributed by atoms with Gasteiger partial charge in [0.05, 0.1) is 11.0 Å². The van der Waals surface area contributed by atoms with Crippen LogP contribution >= 0.6 is 11.3 Å². The fourth-order valence-electron chi connectivity index (χ4n) is 6.74. The van der Waals surface area contributed by atoms with Gasteiger partial charge >= 0.3 is 0 Å². The van der Waals surface area contributed by atoms with Gasteiger partial charge in [-0.25, -0.2) is 4.98 Å². The second-order valence-corrected chi connectivity index (χ2v) is 14.2. The number of amides is 1. The van der Waals surface area contributed by atoms with Crippen LogP contribution in [0.4, 0.5) is 16.5 Å². The number of carbonyl (C=O) groups excluding carboxylic acids is 1. The van der Waals surface area contributed by atoms with Crippen LogP contribution in [-0.4, -0.2) is 88.7 Å². The molecule has 2 aliphatic heterocycles. The van der Waals surface area contributed by atoms with Crippen molar-refractivity contribution >= 4 is 33.8 Å². The maximum absolute atomic E-state index is 12.2. The molecule has 44 heavy (non-hydrogen) atoms. The Balaban J connectivity index is 1.34. The number of aryl methyl sites for hydroxylation is 1. The Morgan fingerprint density at radius 2 is 1.82 bits per heavy atom. The van der Waals surface area contributed by atoms with Crippen LogP contribution in [0.5, 0.6) is 0 Å². The molecule has 3 aliphatic rings. The number of carbonyl (C=O) groups is 1. The van der Waals surface area contributed by atoms with E-state index in [0.717, 1.165) is 67.4 Å². The molecule has 1 aliphatic carbocycles. The molecule has 0 spiro atoms. The van der Waals surface area contributed by atoms with E-state index in [1.54, 1.807) is 0 Å². The molecule has 1 amide bonds. The van der Waals surface area contributed by atoms with Crippen molar-refractivity contribution in [3.63, 3.8) is 0 Å². The summed E-state index contributed by atoms with van der Waals surface area (Å²) in [6.45, 7) is 18.8. The Morgan fingerprint density at radius 3 is 2.48 bits per heavy atom. The van der Waals surface area contributed by atoms with E-state index in [1.807, 2.05) is 11.0 Å². The third kappa shape index (κ3) is 5.43. The lowest BCUT2D eigenvalue weighted by Crippen LogP contribution is -2.53. The van der Waals surface area contributed by atoms with Gasteiger partial charge in [-0.05, 0) is 59.1 Å². The van der Waals surface area contributed by atoms with Gasteiger partial charge in [-0.1, -0.05) is 11.7 Å². The van der Waals surface area contributed by atoms with Gasteiger partial charge < -0.3 is 25.0 Å². The molecule has 2 fully saturated rings. The van der Waals surface area contributed by atoms with Gasteiger partial charge in [0.1, 0.15) is 22.6 Å². The topological polar surface area (TPSA) is 132 Å². The van der Waals surface area contributed by atoms with Crippen molar-refractivity contribution in [1.82, 2.24) is 24.9 Å². The van der Waals surface area contributed by atoms with Crippen molar-refractivity contribution in [2.45, 2.75) is 57.9 Å². The summed E-state index contributed by atoms with van der Waals surface area (Å²) in [6, 6.07) is 6.48. The molecule has 232 valence electrons. The lowest BCUT2D eigenvalue weighted by Gasteiger charge is -2.43. The molecular weight excluding hydrogens is 574 g/mol. The monoisotopic (exact) mass is 615 g/mol. The molecule has 11 nitrogen and oxygen atoms in total. The summed E-state index contributed by atoms with van der Waals surface area (Å²) >= 11 is 1.49. The highest BCUT2D eigenvalue weighted by molar-refractivity contribution is 7.16. The number of anilines is 3. The van der Waals surface area contributed by atoms with Crippen LogP contribution in [0.2, 0.25) is 0 Å². The van der Waals surface area contributed by atoms with Gasteiger partial charge in [-0.15, -0.1) is 11.3 Å². The van der Waals surface area contributed by atoms with E-state index in [0.29, 0.717) is 54.2 Å². The molecule has 3 aromatic heterocycles. The first-order chi connectivity index (χ1) is 21.0. The van der Waals surface area contributed by atoms with E-state index >= 15 is 0 Å². The molecule has 3 aromatic rings. The molecule has 0 saturated carbocycles. The lowest BCUT2D eigenvalue weighted by molar-refractivity contribution is -0.126. The zero-order valence-electron chi connectivity index (χ0n) is 26.1. The van der Waals surface area contributed by atoms with Crippen molar-refractivity contribution in [2.75, 3.05) is 67.9 Å². The number of piperazine rings is 2. The Morgan fingerprint density at radius 1 is 1.11 bits per heavy atom. The molecule has 2 N–H and O–H groups in total. The summed E-state index contributed by atoms with van der Waals surface area (Å²) in [5, 5.41) is 14.9. The van der Waals surface area contributed by atoms with Gasteiger partial charge in [0.2, 0.25) is 17.6 Å². The summed E-state index contributed by atoms with van der Waals surface area (Å²) in [5.41, 5.74) is 8.87. The number of aromatic nitrogens is 3. The average molecular weight is 616 g/mol. The fraction of sp³-hybridized carbons (Fsp3) is 0.531. The van der Waals surface area contributed by atoms with Crippen LogP contribution in [-0.2, 0) is 16.6 Å². The Labute approximate surface area is 262 Å². The van der Waals surface area contributed by atoms with Crippen LogP contribution in [0.25, 0.3) is 11.5 Å². The fourth-order valence-corrected chi connectivity index (χ4v) is 7.93. The lowest BCUT2D eigenvalue weighted by atomic mass is 9.72. The third-order valence-corrected chi connectivity index (χ3v) is 10.4. The van der Waals surface area contributed by atoms with Crippen LogP contribution in [0, 0.1) is 11.3 Å². The predicted octanol–water partition coefficient (Wildman–Crippen LogP) is 4.04. The van der Waals surface area contributed by atoms with E-state index in [9.17, 15) is 10.1 Å². The molecule has 0 radical (unpaired) electrons. The van der Waals surface area contributed by atoms with Gasteiger partial charge in [-0.2, -0.15) is 10.2 Å². The number of nitrogen functional groups attached to an aromatic ring is 1. The normalized spacial score (nSPS) is 21.2. The molecule has 12 heteroatoms. The zero-order chi connectivity index (χ0) is 31.2. The number of nitrogens with zero attached hydrogens (tertiary/aromatic N) is 8. The number of nitriles is 1. The molecular formula is C32H41N9O2S. The maximum Gasteiger partial charge on any atom is 0.246 e. The predicted molar refractivity (Wildman–Crippen MR) is 173 cm³/mol. The van der Waals surface area contributed by atoms with E-state index < -0.39 is 5.41 Å². The Bertz CT molecular complexity index is 1600. The van der Waals surface area contributed by atoms with Crippen molar-refractivity contribution in [3.8, 4) is 17.6 Å². The average Bonchev–Trinajstić information content (AvgIpc) is 3.66. The highest BCUT2D eigenvalue weighted by atomic mass is 32.1. The van der Waals surface area contributed by atoms with Crippen LogP contribution in [0.15, 0.2) is 29.3 Å². The molecule has 1 atom stereocenters.